The Morgan fingerprint density at radius 3 is 2.91 bits per heavy atom. The van der Waals surface area contributed by atoms with Crippen molar-refractivity contribution in [3.63, 3.8) is 0 Å². The molecule has 1 saturated heterocycles. The fraction of sp³-hybridized carbons (Fsp3) is 0.588. The van der Waals surface area contributed by atoms with Crippen LogP contribution in [0.1, 0.15) is 26.2 Å². The molecule has 0 aromatic heterocycles. The molecule has 2 N–H and O–H groups in total. The normalized spacial score (nSPS) is 18.3. The lowest BCUT2D eigenvalue weighted by Gasteiger charge is -2.31. The van der Waals surface area contributed by atoms with Crippen molar-refractivity contribution in [3.05, 3.63) is 24.3 Å². The van der Waals surface area contributed by atoms with Crippen LogP contribution in [0, 0.1) is 5.92 Å². The van der Waals surface area contributed by atoms with Gasteiger partial charge in [-0.25, -0.2) is 0 Å². The molecule has 1 aliphatic rings. The number of aliphatic imine (C=N–C) groups is 1. The molecule has 23 heavy (non-hydrogen) atoms. The molecule has 5 nitrogen and oxygen atoms in total. The summed E-state index contributed by atoms with van der Waals surface area (Å²) in [6.07, 6.45) is 3.34. The summed E-state index contributed by atoms with van der Waals surface area (Å²) in [5.74, 6) is 3.01. The van der Waals surface area contributed by atoms with E-state index in [9.17, 15) is 0 Å². The van der Waals surface area contributed by atoms with Gasteiger partial charge in [0, 0.05) is 32.1 Å². The number of guanidine groups is 1. The van der Waals surface area contributed by atoms with E-state index >= 15 is 0 Å². The van der Waals surface area contributed by atoms with Crippen molar-refractivity contribution in [1.82, 2.24) is 4.90 Å². The van der Waals surface area contributed by atoms with E-state index in [1.807, 2.05) is 24.3 Å². The SMILES string of the molecule is COc1cccc(OCCCN=C(N)N2CCCC(C)C2)c1.I. The molecule has 0 radical (unpaired) electrons. The first kappa shape index (κ1) is 19.9. The quantitative estimate of drug-likeness (QED) is 0.324. The van der Waals surface area contributed by atoms with Crippen molar-refractivity contribution in [2.75, 3.05) is 33.4 Å². The number of benzene rings is 1. The first-order chi connectivity index (χ1) is 10.7. The standard InChI is InChI=1S/C17H27N3O2.HI/c1-14-6-4-10-20(13-14)17(18)19-9-5-11-22-16-8-3-7-15(12-16)21-2;/h3,7-8,12,14H,4-6,9-11,13H2,1-2H3,(H2,18,19);1H. The first-order valence-electron chi connectivity index (χ1n) is 8.00. The Balaban J connectivity index is 0.00000264. The number of nitrogens with two attached hydrogens (primary N) is 1. The van der Waals surface area contributed by atoms with Gasteiger partial charge in [0.1, 0.15) is 11.5 Å². The number of ether oxygens (including phenoxy) is 2. The number of methoxy groups -OCH3 is 1. The molecule has 0 spiro atoms. The highest BCUT2D eigenvalue weighted by Gasteiger charge is 2.17. The van der Waals surface area contributed by atoms with E-state index in [1.165, 1.54) is 12.8 Å². The van der Waals surface area contributed by atoms with Crippen LogP contribution in [0.2, 0.25) is 0 Å². The second-order valence-corrected chi connectivity index (χ2v) is 5.81. The Kier molecular flexibility index (Phi) is 9.13. The van der Waals surface area contributed by atoms with Crippen LogP contribution in [0.25, 0.3) is 0 Å². The van der Waals surface area contributed by atoms with Gasteiger partial charge >= 0.3 is 0 Å². The number of likely N-dealkylation sites (tertiary alicyclic amines) is 1. The predicted molar refractivity (Wildman–Crippen MR) is 105 cm³/mol. The van der Waals surface area contributed by atoms with E-state index in [-0.39, 0.29) is 24.0 Å². The summed E-state index contributed by atoms with van der Waals surface area (Å²) in [6.45, 7) is 5.64. The van der Waals surface area contributed by atoms with Gasteiger partial charge in [-0.1, -0.05) is 13.0 Å². The number of hydrogen-bond acceptors (Lipinski definition) is 3. The molecule has 1 heterocycles. The van der Waals surface area contributed by atoms with E-state index in [2.05, 4.69) is 16.8 Å². The highest BCUT2D eigenvalue weighted by atomic mass is 127. The van der Waals surface area contributed by atoms with Gasteiger partial charge in [0.25, 0.3) is 0 Å². The third-order valence-corrected chi connectivity index (χ3v) is 3.87. The van der Waals surface area contributed by atoms with Crippen molar-refractivity contribution in [2.24, 2.45) is 16.6 Å². The summed E-state index contributed by atoms with van der Waals surface area (Å²) in [6, 6.07) is 7.63. The molecular weight excluding hydrogens is 405 g/mol. The predicted octanol–water partition coefficient (Wildman–Crippen LogP) is 3.13. The molecule has 0 saturated carbocycles. The molecule has 1 aliphatic heterocycles. The van der Waals surface area contributed by atoms with Crippen molar-refractivity contribution >= 4 is 29.9 Å². The van der Waals surface area contributed by atoms with Gasteiger partial charge in [0.15, 0.2) is 5.96 Å². The molecule has 0 aliphatic carbocycles. The molecule has 6 heteroatoms. The fourth-order valence-electron chi connectivity index (χ4n) is 2.64. The molecule has 130 valence electrons. The van der Waals surface area contributed by atoms with Crippen LogP contribution >= 0.6 is 24.0 Å². The van der Waals surface area contributed by atoms with Crippen molar-refractivity contribution in [3.8, 4) is 11.5 Å². The molecule has 1 atom stereocenters. The van der Waals surface area contributed by atoms with Gasteiger partial charge in [-0.15, -0.1) is 24.0 Å². The fourth-order valence-corrected chi connectivity index (χ4v) is 2.64. The second-order valence-electron chi connectivity index (χ2n) is 5.81. The third kappa shape index (κ3) is 6.85. The van der Waals surface area contributed by atoms with Crippen LogP contribution in [-0.2, 0) is 0 Å². The van der Waals surface area contributed by atoms with Crippen LogP contribution in [0.5, 0.6) is 11.5 Å². The maximum Gasteiger partial charge on any atom is 0.191 e. The Morgan fingerprint density at radius 1 is 1.39 bits per heavy atom. The summed E-state index contributed by atoms with van der Waals surface area (Å²) in [4.78, 5) is 6.65. The highest BCUT2D eigenvalue weighted by Crippen LogP contribution is 2.19. The van der Waals surface area contributed by atoms with E-state index in [0.717, 1.165) is 31.0 Å². The third-order valence-electron chi connectivity index (χ3n) is 3.87. The van der Waals surface area contributed by atoms with Gasteiger partial charge in [-0.05, 0) is 30.9 Å². The largest absolute Gasteiger partial charge is 0.497 e. The zero-order chi connectivity index (χ0) is 15.8. The number of nitrogens with zero attached hydrogens (tertiary/aromatic N) is 2. The molecule has 0 amide bonds. The lowest BCUT2D eigenvalue weighted by molar-refractivity contribution is 0.269. The zero-order valence-corrected chi connectivity index (χ0v) is 16.4. The summed E-state index contributed by atoms with van der Waals surface area (Å²) in [5.41, 5.74) is 6.06. The lowest BCUT2D eigenvalue weighted by Crippen LogP contribution is -2.43. The summed E-state index contributed by atoms with van der Waals surface area (Å²) in [5, 5.41) is 0. The summed E-state index contributed by atoms with van der Waals surface area (Å²) in [7, 11) is 1.65. The average molecular weight is 433 g/mol. The molecule has 1 fully saturated rings. The van der Waals surface area contributed by atoms with Crippen LogP contribution < -0.4 is 15.2 Å². The van der Waals surface area contributed by atoms with Crippen molar-refractivity contribution in [2.45, 2.75) is 26.2 Å². The molecule has 1 aromatic carbocycles. The van der Waals surface area contributed by atoms with Crippen molar-refractivity contribution < 1.29 is 9.47 Å². The molecule has 0 bridgehead atoms. The minimum Gasteiger partial charge on any atom is -0.497 e. The van der Waals surface area contributed by atoms with Crippen LogP contribution in [-0.4, -0.2) is 44.2 Å². The lowest BCUT2D eigenvalue weighted by atomic mass is 10.0. The summed E-state index contributed by atoms with van der Waals surface area (Å²) < 4.78 is 10.9. The first-order valence-corrected chi connectivity index (χ1v) is 8.00. The maximum absolute atomic E-state index is 6.06. The maximum atomic E-state index is 6.06. The molecule has 1 unspecified atom stereocenters. The van der Waals surface area contributed by atoms with E-state index in [1.54, 1.807) is 7.11 Å². The van der Waals surface area contributed by atoms with Gasteiger partial charge < -0.3 is 20.1 Å². The monoisotopic (exact) mass is 433 g/mol. The van der Waals surface area contributed by atoms with Crippen LogP contribution in [0.4, 0.5) is 0 Å². The minimum atomic E-state index is 0. The number of hydrogen-bond donors (Lipinski definition) is 1. The Labute approximate surface area is 156 Å². The second kappa shape index (κ2) is 10.6. The van der Waals surface area contributed by atoms with Gasteiger partial charge in [0.05, 0.1) is 13.7 Å². The number of piperidine rings is 1. The smallest absolute Gasteiger partial charge is 0.191 e. The molecule has 1 aromatic rings. The molecular formula is C17H28IN3O2. The van der Waals surface area contributed by atoms with Gasteiger partial charge in [-0.3, -0.25) is 4.99 Å². The van der Waals surface area contributed by atoms with Gasteiger partial charge in [-0.2, -0.15) is 0 Å². The van der Waals surface area contributed by atoms with Crippen molar-refractivity contribution in [1.29, 1.82) is 0 Å². The van der Waals surface area contributed by atoms with E-state index < -0.39 is 0 Å². The number of rotatable bonds is 6. The van der Waals surface area contributed by atoms with Crippen LogP contribution in [0.3, 0.4) is 0 Å². The topological polar surface area (TPSA) is 60.1 Å². The van der Waals surface area contributed by atoms with Gasteiger partial charge in [0.2, 0.25) is 0 Å². The van der Waals surface area contributed by atoms with Crippen LogP contribution in [0.15, 0.2) is 29.3 Å². The van der Waals surface area contributed by atoms with E-state index in [0.29, 0.717) is 25.0 Å². The Hall–Kier alpha value is -1.18. The molecule has 2 rings (SSSR count). The number of halogens is 1. The summed E-state index contributed by atoms with van der Waals surface area (Å²) >= 11 is 0. The Morgan fingerprint density at radius 2 is 2.17 bits per heavy atom. The minimum absolute atomic E-state index is 0. The highest BCUT2D eigenvalue weighted by molar-refractivity contribution is 14.0. The average Bonchev–Trinajstić information content (AvgIpc) is 2.54. The zero-order valence-electron chi connectivity index (χ0n) is 14.0. The van der Waals surface area contributed by atoms with E-state index in [4.69, 9.17) is 15.2 Å². The Bertz CT molecular complexity index is 496.